The predicted molar refractivity (Wildman–Crippen MR) is 110 cm³/mol. The lowest BCUT2D eigenvalue weighted by Crippen LogP contribution is -2.24. The molecule has 0 unspecified atom stereocenters. The van der Waals surface area contributed by atoms with Crippen molar-refractivity contribution in [1.82, 2.24) is 0 Å². The van der Waals surface area contributed by atoms with Crippen LogP contribution in [0.2, 0.25) is 0 Å². The van der Waals surface area contributed by atoms with Gasteiger partial charge in [-0.3, -0.25) is 4.99 Å². The Morgan fingerprint density at radius 3 is 2.62 bits per heavy atom. The summed E-state index contributed by atoms with van der Waals surface area (Å²) in [7, 11) is 1.68. The fourth-order valence-electron chi connectivity index (χ4n) is 2.90. The molecule has 3 N–H and O–H groups in total. The molecule has 0 spiro atoms. The van der Waals surface area contributed by atoms with E-state index in [4.69, 9.17) is 15.2 Å². The van der Waals surface area contributed by atoms with Crippen molar-refractivity contribution >= 4 is 35.6 Å². The molecule has 6 heteroatoms. The molecular formula is C18H30IN3O2. The van der Waals surface area contributed by atoms with E-state index in [1.807, 2.05) is 24.3 Å². The van der Waals surface area contributed by atoms with Crippen molar-refractivity contribution < 1.29 is 9.47 Å². The van der Waals surface area contributed by atoms with Crippen molar-refractivity contribution in [3.63, 3.8) is 0 Å². The van der Waals surface area contributed by atoms with Crippen LogP contribution in [0.3, 0.4) is 0 Å². The van der Waals surface area contributed by atoms with Crippen molar-refractivity contribution in [1.29, 1.82) is 0 Å². The van der Waals surface area contributed by atoms with E-state index in [9.17, 15) is 0 Å². The highest BCUT2D eigenvalue weighted by atomic mass is 127. The Labute approximate surface area is 162 Å². The maximum Gasteiger partial charge on any atom is 0.193 e. The van der Waals surface area contributed by atoms with Gasteiger partial charge in [-0.25, -0.2) is 0 Å². The third-order valence-corrected chi connectivity index (χ3v) is 4.11. The van der Waals surface area contributed by atoms with Crippen molar-refractivity contribution in [2.24, 2.45) is 10.7 Å². The number of benzene rings is 1. The Morgan fingerprint density at radius 2 is 1.92 bits per heavy atom. The lowest BCUT2D eigenvalue weighted by molar-refractivity contribution is 0.0487. The molecule has 5 nitrogen and oxygen atoms in total. The van der Waals surface area contributed by atoms with E-state index < -0.39 is 0 Å². The minimum absolute atomic E-state index is 0. The number of para-hydroxylation sites is 1. The Kier molecular flexibility index (Phi) is 11.0. The first-order chi connectivity index (χ1) is 11.3. The van der Waals surface area contributed by atoms with Crippen LogP contribution in [0.1, 0.15) is 44.1 Å². The van der Waals surface area contributed by atoms with E-state index >= 15 is 0 Å². The number of methoxy groups -OCH3 is 1. The van der Waals surface area contributed by atoms with Crippen LogP contribution in [0.15, 0.2) is 29.3 Å². The van der Waals surface area contributed by atoms with Crippen molar-refractivity contribution in [3.05, 3.63) is 29.8 Å². The van der Waals surface area contributed by atoms with Gasteiger partial charge >= 0.3 is 0 Å². The molecule has 24 heavy (non-hydrogen) atoms. The quantitative estimate of drug-likeness (QED) is 0.219. The summed E-state index contributed by atoms with van der Waals surface area (Å²) < 4.78 is 11.1. The van der Waals surface area contributed by atoms with Gasteiger partial charge in [-0.05, 0) is 18.9 Å². The average Bonchev–Trinajstić information content (AvgIpc) is 2.82. The summed E-state index contributed by atoms with van der Waals surface area (Å²) >= 11 is 0. The summed E-state index contributed by atoms with van der Waals surface area (Å²) in [6.45, 7) is 1.76. The van der Waals surface area contributed by atoms with E-state index in [1.54, 1.807) is 7.11 Å². The second-order valence-corrected chi connectivity index (χ2v) is 5.97. The average molecular weight is 447 g/mol. The Hall–Kier alpha value is -0.860. The maximum absolute atomic E-state index is 5.96. The monoisotopic (exact) mass is 447 g/mol. The number of rotatable bonds is 7. The van der Waals surface area contributed by atoms with Gasteiger partial charge in [0.05, 0.1) is 25.9 Å². The SMILES string of the molecule is COCc1ccccc1NC(N)=NCCOC1CCCCCC1.I. The lowest BCUT2D eigenvalue weighted by Gasteiger charge is -2.14. The Morgan fingerprint density at radius 1 is 1.21 bits per heavy atom. The van der Waals surface area contributed by atoms with Gasteiger partial charge in [-0.1, -0.05) is 43.9 Å². The number of nitrogens with one attached hydrogen (secondary N) is 1. The third-order valence-electron chi connectivity index (χ3n) is 4.11. The van der Waals surface area contributed by atoms with Crippen LogP contribution >= 0.6 is 24.0 Å². The number of hydrogen-bond acceptors (Lipinski definition) is 3. The molecule has 0 atom stereocenters. The number of aliphatic imine (C=N–C) groups is 1. The smallest absolute Gasteiger partial charge is 0.193 e. The van der Waals surface area contributed by atoms with Gasteiger partial charge in [0.1, 0.15) is 0 Å². The summed E-state index contributed by atoms with van der Waals surface area (Å²) in [5.74, 6) is 0.415. The van der Waals surface area contributed by atoms with Gasteiger partial charge in [0, 0.05) is 18.4 Å². The highest BCUT2D eigenvalue weighted by Gasteiger charge is 2.11. The first kappa shape index (κ1) is 21.2. The standard InChI is InChI=1S/C18H29N3O2.HI/c1-22-14-15-8-6-7-11-17(15)21-18(19)20-12-13-23-16-9-4-2-3-5-10-16;/h6-8,11,16H,2-5,9-10,12-14H2,1H3,(H3,19,20,21);1H. The van der Waals surface area contributed by atoms with Crippen LogP contribution in [-0.4, -0.2) is 32.3 Å². The van der Waals surface area contributed by atoms with E-state index in [-0.39, 0.29) is 24.0 Å². The summed E-state index contributed by atoms with van der Waals surface area (Å²) in [4.78, 5) is 4.35. The molecule has 2 rings (SSSR count). The molecule has 0 bridgehead atoms. The van der Waals surface area contributed by atoms with Crippen LogP contribution in [0, 0.1) is 0 Å². The van der Waals surface area contributed by atoms with Crippen molar-refractivity contribution in [2.45, 2.75) is 51.2 Å². The summed E-state index contributed by atoms with van der Waals surface area (Å²) in [6.07, 6.45) is 8.03. The predicted octanol–water partition coefficient (Wildman–Crippen LogP) is 3.92. The molecule has 0 aromatic heterocycles. The number of anilines is 1. The second-order valence-electron chi connectivity index (χ2n) is 5.97. The van der Waals surface area contributed by atoms with Gasteiger partial charge in [-0.2, -0.15) is 0 Å². The van der Waals surface area contributed by atoms with E-state index in [0.717, 1.165) is 11.3 Å². The molecule has 1 aliphatic carbocycles. The largest absolute Gasteiger partial charge is 0.380 e. The van der Waals surface area contributed by atoms with Crippen molar-refractivity contribution in [3.8, 4) is 0 Å². The van der Waals surface area contributed by atoms with Crippen LogP contribution in [0.5, 0.6) is 0 Å². The number of ether oxygens (including phenoxy) is 2. The summed E-state index contributed by atoms with van der Waals surface area (Å²) in [6, 6.07) is 7.92. The van der Waals surface area contributed by atoms with E-state index in [1.165, 1.54) is 38.5 Å². The number of nitrogens with two attached hydrogens (primary N) is 1. The van der Waals surface area contributed by atoms with Crippen molar-refractivity contribution in [2.75, 3.05) is 25.6 Å². The molecule has 0 amide bonds. The number of hydrogen-bond donors (Lipinski definition) is 2. The van der Waals surface area contributed by atoms with Gasteiger partial charge < -0.3 is 20.5 Å². The lowest BCUT2D eigenvalue weighted by atomic mass is 10.1. The molecular weight excluding hydrogens is 417 g/mol. The zero-order valence-electron chi connectivity index (χ0n) is 14.5. The molecule has 0 saturated heterocycles. The van der Waals surface area contributed by atoms with Crippen LogP contribution < -0.4 is 11.1 Å². The first-order valence-electron chi connectivity index (χ1n) is 8.55. The van der Waals surface area contributed by atoms with Gasteiger partial charge in [-0.15, -0.1) is 24.0 Å². The number of guanidine groups is 1. The molecule has 0 aliphatic heterocycles. The fourth-order valence-corrected chi connectivity index (χ4v) is 2.90. The molecule has 1 fully saturated rings. The van der Waals surface area contributed by atoms with Gasteiger partial charge in [0.2, 0.25) is 0 Å². The first-order valence-corrected chi connectivity index (χ1v) is 8.55. The molecule has 1 aromatic carbocycles. The normalized spacial score (nSPS) is 16.3. The Balaban J connectivity index is 0.00000288. The third kappa shape index (κ3) is 7.81. The van der Waals surface area contributed by atoms with E-state index in [2.05, 4.69) is 10.3 Å². The van der Waals surface area contributed by atoms with Crippen LogP contribution in [0.4, 0.5) is 5.69 Å². The number of halogens is 1. The zero-order valence-corrected chi connectivity index (χ0v) is 16.8. The van der Waals surface area contributed by atoms with Crippen LogP contribution in [0.25, 0.3) is 0 Å². The topological polar surface area (TPSA) is 68.9 Å². The van der Waals surface area contributed by atoms with E-state index in [0.29, 0.717) is 31.8 Å². The maximum atomic E-state index is 5.96. The minimum Gasteiger partial charge on any atom is -0.380 e. The fraction of sp³-hybridized carbons (Fsp3) is 0.611. The molecule has 1 saturated carbocycles. The molecule has 0 heterocycles. The second kappa shape index (κ2) is 12.5. The molecule has 1 aromatic rings. The zero-order chi connectivity index (χ0) is 16.3. The Bertz CT molecular complexity index is 489. The highest BCUT2D eigenvalue weighted by molar-refractivity contribution is 14.0. The minimum atomic E-state index is 0. The summed E-state index contributed by atoms with van der Waals surface area (Å²) in [5, 5.41) is 3.14. The molecule has 136 valence electrons. The molecule has 0 radical (unpaired) electrons. The van der Waals surface area contributed by atoms with Gasteiger partial charge in [0.25, 0.3) is 0 Å². The molecule has 1 aliphatic rings. The highest BCUT2D eigenvalue weighted by Crippen LogP contribution is 2.19. The van der Waals surface area contributed by atoms with Crippen LogP contribution in [-0.2, 0) is 16.1 Å². The number of nitrogens with zero attached hydrogens (tertiary/aromatic N) is 1. The van der Waals surface area contributed by atoms with Gasteiger partial charge in [0.15, 0.2) is 5.96 Å². The summed E-state index contributed by atoms with van der Waals surface area (Å²) in [5.41, 5.74) is 7.95.